The standard InChI is InChI=1S/C15H25NO2/c1-3-8-16-10-15-12(2)9-14(18-15)11-17-13-6-4-5-7-13/h9,13,16H,3-8,10-11H2,1-2H3. The lowest BCUT2D eigenvalue weighted by Crippen LogP contribution is -2.13. The van der Waals surface area contributed by atoms with E-state index in [0.717, 1.165) is 31.0 Å². The van der Waals surface area contributed by atoms with Crippen molar-refractivity contribution in [2.45, 2.75) is 65.2 Å². The third kappa shape index (κ3) is 3.85. The zero-order valence-electron chi connectivity index (χ0n) is 11.6. The summed E-state index contributed by atoms with van der Waals surface area (Å²) >= 11 is 0. The number of hydrogen-bond acceptors (Lipinski definition) is 3. The minimum absolute atomic E-state index is 0.456. The fourth-order valence-electron chi connectivity index (χ4n) is 2.47. The summed E-state index contributed by atoms with van der Waals surface area (Å²) in [6, 6.07) is 2.11. The maximum atomic E-state index is 5.87. The van der Waals surface area contributed by atoms with Crippen LogP contribution in [0, 0.1) is 6.92 Å². The van der Waals surface area contributed by atoms with E-state index in [4.69, 9.17) is 9.15 Å². The van der Waals surface area contributed by atoms with Crippen LogP contribution in [0.1, 0.15) is 56.1 Å². The van der Waals surface area contributed by atoms with Gasteiger partial charge < -0.3 is 14.5 Å². The molecule has 18 heavy (non-hydrogen) atoms. The van der Waals surface area contributed by atoms with E-state index < -0.39 is 0 Å². The van der Waals surface area contributed by atoms with Crippen molar-refractivity contribution in [1.82, 2.24) is 5.32 Å². The Morgan fingerprint density at radius 3 is 2.89 bits per heavy atom. The van der Waals surface area contributed by atoms with Gasteiger partial charge >= 0.3 is 0 Å². The average Bonchev–Trinajstić information content (AvgIpc) is 2.97. The molecule has 1 aromatic rings. The van der Waals surface area contributed by atoms with Gasteiger partial charge in [-0.3, -0.25) is 0 Å². The molecule has 0 saturated heterocycles. The van der Waals surface area contributed by atoms with Crippen molar-refractivity contribution in [3.63, 3.8) is 0 Å². The van der Waals surface area contributed by atoms with Gasteiger partial charge in [-0.2, -0.15) is 0 Å². The minimum atomic E-state index is 0.456. The second kappa shape index (κ2) is 6.95. The van der Waals surface area contributed by atoms with Gasteiger partial charge in [0.05, 0.1) is 12.6 Å². The normalized spacial score (nSPS) is 16.6. The van der Waals surface area contributed by atoms with Crippen molar-refractivity contribution in [2.24, 2.45) is 0 Å². The summed E-state index contributed by atoms with van der Waals surface area (Å²) in [6.07, 6.45) is 6.66. The van der Waals surface area contributed by atoms with Gasteiger partial charge in [0.2, 0.25) is 0 Å². The van der Waals surface area contributed by atoms with Crippen LogP contribution in [0.2, 0.25) is 0 Å². The summed E-state index contributed by atoms with van der Waals surface area (Å²) < 4.78 is 11.7. The molecule has 1 aliphatic carbocycles. The minimum Gasteiger partial charge on any atom is -0.462 e. The van der Waals surface area contributed by atoms with Gasteiger partial charge in [0.25, 0.3) is 0 Å². The molecule has 0 atom stereocenters. The van der Waals surface area contributed by atoms with Crippen molar-refractivity contribution in [3.8, 4) is 0 Å². The lowest BCUT2D eigenvalue weighted by Gasteiger charge is -2.08. The summed E-state index contributed by atoms with van der Waals surface area (Å²) in [4.78, 5) is 0. The molecule has 1 fully saturated rings. The molecule has 0 amide bonds. The second-order valence-electron chi connectivity index (χ2n) is 5.21. The van der Waals surface area contributed by atoms with Crippen molar-refractivity contribution in [3.05, 3.63) is 23.2 Å². The molecule has 0 radical (unpaired) electrons. The summed E-state index contributed by atoms with van der Waals surface area (Å²) in [5, 5.41) is 3.37. The highest BCUT2D eigenvalue weighted by atomic mass is 16.5. The van der Waals surface area contributed by atoms with Crippen LogP contribution in [0.4, 0.5) is 0 Å². The van der Waals surface area contributed by atoms with Gasteiger partial charge in [-0.25, -0.2) is 0 Å². The predicted octanol–water partition coefficient (Wildman–Crippen LogP) is 3.55. The van der Waals surface area contributed by atoms with E-state index in [2.05, 4.69) is 25.2 Å². The number of ether oxygens (including phenoxy) is 1. The predicted molar refractivity (Wildman–Crippen MR) is 72.5 cm³/mol. The Bertz CT molecular complexity index is 353. The Labute approximate surface area is 110 Å². The molecule has 0 aliphatic heterocycles. The maximum Gasteiger partial charge on any atom is 0.130 e. The largest absolute Gasteiger partial charge is 0.462 e. The lowest BCUT2D eigenvalue weighted by molar-refractivity contribution is 0.0352. The van der Waals surface area contributed by atoms with Crippen LogP contribution in [-0.2, 0) is 17.9 Å². The molecule has 1 saturated carbocycles. The number of nitrogens with one attached hydrogen (secondary N) is 1. The number of furan rings is 1. The molecule has 1 N–H and O–H groups in total. The number of hydrogen-bond donors (Lipinski definition) is 1. The Balaban J connectivity index is 1.79. The van der Waals surface area contributed by atoms with Crippen LogP contribution in [0.15, 0.2) is 10.5 Å². The second-order valence-corrected chi connectivity index (χ2v) is 5.21. The molecule has 1 aromatic heterocycles. The Morgan fingerprint density at radius 2 is 2.17 bits per heavy atom. The molecule has 0 unspecified atom stereocenters. The van der Waals surface area contributed by atoms with E-state index >= 15 is 0 Å². The molecular weight excluding hydrogens is 226 g/mol. The molecule has 0 bridgehead atoms. The first-order valence-corrected chi connectivity index (χ1v) is 7.20. The van der Waals surface area contributed by atoms with Gasteiger partial charge in [0.15, 0.2) is 0 Å². The Morgan fingerprint density at radius 1 is 1.39 bits per heavy atom. The van der Waals surface area contributed by atoms with E-state index in [1.807, 2.05) is 0 Å². The molecule has 1 heterocycles. The van der Waals surface area contributed by atoms with Gasteiger partial charge in [0, 0.05) is 0 Å². The van der Waals surface area contributed by atoms with Crippen LogP contribution >= 0.6 is 0 Å². The molecule has 2 rings (SSSR count). The van der Waals surface area contributed by atoms with Crippen LogP contribution in [0.3, 0.4) is 0 Å². The van der Waals surface area contributed by atoms with E-state index in [-0.39, 0.29) is 0 Å². The Hall–Kier alpha value is -0.800. The average molecular weight is 251 g/mol. The smallest absolute Gasteiger partial charge is 0.130 e. The highest BCUT2D eigenvalue weighted by Gasteiger charge is 2.16. The molecule has 0 spiro atoms. The zero-order chi connectivity index (χ0) is 12.8. The number of rotatable bonds is 7. The number of aryl methyl sites for hydroxylation is 1. The van der Waals surface area contributed by atoms with Gasteiger partial charge in [-0.1, -0.05) is 19.8 Å². The molecule has 3 nitrogen and oxygen atoms in total. The van der Waals surface area contributed by atoms with Gasteiger partial charge in [-0.15, -0.1) is 0 Å². The van der Waals surface area contributed by atoms with Gasteiger partial charge in [-0.05, 0) is 44.4 Å². The molecule has 1 aliphatic rings. The summed E-state index contributed by atoms with van der Waals surface area (Å²) in [5.74, 6) is 2.01. The fourth-order valence-corrected chi connectivity index (χ4v) is 2.47. The molecule has 0 aromatic carbocycles. The Kier molecular flexibility index (Phi) is 5.26. The van der Waals surface area contributed by atoms with Crippen molar-refractivity contribution < 1.29 is 9.15 Å². The van der Waals surface area contributed by atoms with Gasteiger partial charge in [0.1, 0.15) is 18.1 Å². The lowest BCUT2D eigenvalue weighted by atomic mass is 10.2. The first-order valence-electron chi connectivity index (χ1n) is 7.20. The van der Waals surface area contributed by atoms with Crippen LogP contribution in [0.25, 0.3) is 0 Å². The highest BCUT2D eigenvalue weighted by Crippen LogP contribution is 2.23. The van der Waals surface area contributed by atoms with E-state index in [9.17, 15) is 0 Å². The van der Waals surface area contributed by atoms with E-state index in [1.54, 1.807) is 0 Å². The van der Waals surface area contributed by atoms with E-state index in [1.165, 1.54) is 31.2 Å². The summed E-state index contributed by atoms with van der Waals surface area (Å²) in [6.45, 7) is 6.75. The maximum absolute atomic E-state index is 5.87. The van der Waals surface area contributed by atoms with Crippen LogP contribution in [-0.4, -0.2) is 12.6 Å². The zero-order valence-corrected chi connectivity index (χ0v) is 11.6. The molecule has 3 heteroatoms. The first-order chi connectivity index (χ1) is 8.79. The van der Waals surface area contributed by atoms with Crippen LogP contribution < -0.4 is 5.32 Å². The topological polar surface area (TPSA) is 34.4 Å². The molecular formula is C15H25NO2. The molecule has 102 valence electrons. The first kappa shape index (κ1) is 13.6. The highest BCUT2D eigenvalue weighted by molar-refractivity contribution is 5.19. The third-order valence-electron chi connectivity index (χ3n) is 3.55. The SMILES string of the molecule is CCCNCc1oc(COC2CCCC2)cc1C. The summed E-state index contributed by atoms with van der Waals surface area (Å²) in [5.41, 5.74) is 1.23. The monoisotopic (exact) mass is 251 g/mol. The summed E-state index contributed by atoms with van der Waals surface area (Å²) in [7, 11) is 0. The van der Waals surface area contributed by atoms with Crippen molar-refractivity contribution in [1.29, 1.82) is 0 Å². The van der Waals surface area contributed by atoms with Crippen molar-refractivity contribution >= 4 is 0 Å². The quantitative estimate of drug-likeness (QED) is 0.753. The van der Waals surface area contributed by atoms with Crippen molar-refractivity contribution in [2.75, 3.05) is 6.54 Å². The van der Waals surface area contributed by atoms with E-state index in [0.29, 0.717) is 12.7 Å². The van der Waals surface area contributed by atoms with Crippen LogP contribution in [0.5, 0.6) is 0 Å². The third-order valence-corrected chi connectivity index (χ3v) is 3.55. The fraction of sp³-hybridized carbons (Fsp3) is 0.733.